The van der Waals surface area contributed by atoms with Crippen LogP contribution >= 0.6 is 11.8 Å². The van der Waals surface area contributed by atoms with Gasteiger partial charge in [-0.15, -0.1) is 11.8 Å². The van der Waals surface area contributed by atoms with E-state index in [1.807, 2.05) is 0 Å². The summed E-state index contributed by atoms with van der Waals surface area (Å²) in [5, 5.41) is 17.3. The third kappa shape index (κ3) is 6.60. The van der Waals surface area contributed by atoms with Crippen LogP contribution in [0.25, 0.3) is 0 Å². The van der Waals surface area contributed by atoms with Crippen LogP contribution in [-0.4, -0.2) is 111 Å². The SMILES string of the molecule is O=C(O)CC(O)SCCC(F)(F)C(F)(F)C(F)(F)C(F)(F)C(F)(F)C(F)(F)C(F)(F)C(F)(F)C(F)(F)C(F)(F)C(F)(F)C(F)(F)C(F)(F)C(F)(F)F. The van der Waals surface area contributed by atoms with Crippen molar-refractivity contribution in [2.24, 2.45) is 0 Å². The van der Waals surface area contributed by atoms with Crippen LogP contribution in [0.3, 0.4) is 0 Å². The van der Waals surface area contributed by atoms with Gasteiger partial charge in [0.2, 0.25) is 0 Å². The average molecular weight is 868 g/mol. The number of hydrogen-bond acceptors (Lipinski definition) is 3. The van der Waals surface area contributed by atoms with Crippen molar-refractivity contribution in [1.82, 2.24) is 0 Å². The van der Waals surface area contributed by atoms with Crippen LogP contribution in [0.4, 0.5) is 127 Å². The van der Waals surface area contributed by atoms with E-state index in [0.29, 0.717) is 0 Å². The Balaban J connectivity index is 7.27. The minimum Gasteiger partial charge on any atom is -0.481 e. The van der Waals surface area contributed by atoms with Gasteiger partial charge in [0.15, 0.2) is 0 Å². The maximum Gasteiger partial charge on any atom is 0.460 e. The Labute approximate surface area is 268 Å². The van der Waals surface area contributed by atoms with E-state index in [2.05, 4.69) is 0 Å². The number of rotatable bonds is 18. The van der Waals surface area contributed by atoms with Crippen LogP contribution in [0.5, 0.6) is 0 Å². The van der Waals surface area contributed by atoms with Gasteiger partial charge < -0.3 is 10.2 Å². The molecule has 0 radical (unpaired) electrons. The third-order valence-corrected chi connectivity index (χ3v) is 7.22. The molecule has 3 nitrogen and oxygen atoms in total. The fraction of sp³-hybridized carbons (Fsp3) is 0.947. The maximum absolute atomic E-state index is 13.9. The Morgan fingerprint density at radius 1 is 0.404 bits per heavy atom. The molecule has 0 aliphatic heterocycles. The molecule has 1 unspecified atom stereocenters. The first-order chi connectivity index (χ1) is 22.1. The van der Waals surface area contributed by atoms with E-state index < -0.39 is 125 Å². The zero-order valence-electron chi connectivity index (χ0n) is 22.9. The Morgan fingerprint density at radius 3 is 0.827 bits per heavy atom. The molecule has 0 bridgehead atoms. The number of aliphatic hydroxyl groups is 1. The van der Waals surface area contributed by atoms with E-state index in [4.69, 9.17) is 10.2 Å². The zero-order chi connectivity index (χ0) is 43.0. The van der Waals surface area contributed by atoms with E-state index in [1.54, 1.807) is 0 Å². The molecular formula is C19H9F29O3S. The van der Waals surface area contributed by atoms with Crippen LogP contribution in [-0.2, 0) is 4.79 Å². The Morgan fingerprint density at radius 2 is 0.615 bits per heavy atom. The number of aliphatic hydroxyl groups excluding tert-OH is 1. The molecule has 0 aliphatic rings. The monoisotopic (exact) mass is 868 g/mol. The summed E-state index contributed by atoms with van der Waals surface area (Å²) in [6.07, 6.45) is -13.0. The van der Waals surface area contributed by atoms with Gasteiger partial charge in [-0.2, -0.15) is 127 Å². The van der Waals surface area contributed by atoms with E-state index in [1.165, 1.54) is 0 Å². The summed E-state index contributed by atoms with van der Waals surface area (Å²) in [6.45, 7) is 0. The van der Waals surface area contributed by atoms with Crippen LogP contribution < -0.4 is 0 Å². The molecule has 0 aliphatic carbocycles. The van der Waals surface area contributed by atoms with Crippen molar-refractivity contribution in [3.63, 3.8) is 0 Å². The van der Waals surface area contributed by atoms with Gasteiger partial charge in [-0.1, -0.05) is 0 Å². The number of thioether (sulfide) groups is 1. The topological polar surface area (TPSA) is 57.5 Å². The smallest absolute Gasteiger partial charge is 0.460 e. The molecule has 0 amide bonds. The second-order valence-corrected chi connectivity index (χ2v) is 11.1. The minimum absolute atomic E-state index is 0.660. The average Bonchev–Trinajstić information content (AvgIpc) is 2.90. The number of halogens is 29. The molecule has 0 heterocycles. The zero-order valence-corrected chi connectivity index (χ0v) is 23.7. The van der Waals surface area contributed by atoms with Crippen molar-refractivity contribution in [3.8, 4) is 0 Å². The molecule has 1 atom stereocenters. The second kappa shape index (κ2) is 13.2. The lowest BCUT2D eigenvalue weighted by molar-refractivity contribution is -0.487. The fourth-order valence-electron chi connectivity index (χ4n) is 3.07. The third-order valence-electron chi connectivity index (χ3n) is 6.23. The molecule has 33 heteroatoms. The summed E-state index contributed by atoms with van der Waals surface area (Å²) < 4.78 is 391. The van der Waals surface area contributed by atoms with Crippen LogP contribution in [0.1, 0.15) is 12.8 Å². The quantitative estimate of drug-likeness (QED) is 0.107. The lowest BCUT2D eigenvalue weighted by atomic mass is 9.83. The van der Waals surface area contributed by atoms with Crippen molar-refractivity contribution in [2.75, 3.05) is 5.75 Å². The first-order valence-electron chi connectivity index (χ1n) is 11.6. The van der Waals surface area contributed by atoms with Gasteiger partial charge >= 0.3 is 89.1 Å². The molecule has 0 rings (SSSR count). The van der Waals surface area contributed by atoms with Crippen LogP contribution in [0, 0.1) is 0 Å². The molecule has 0 saturated carbocycles. The Kier molecular flexibility index (Phi) is 12.6. The van der Waals surface area contributed by atoms with Crippen molar-refractivity contribution in [1.29, 1.82) is 0 Å². The normalized spacial score (nSPS) is 17.0. The van der Waals surface area contributed by atoms with E-state index in [0.717, 1.165) is 0 Å². The first-order valence-corrected chi connectivity index (χ1v) is 12.6. The summed E-state index contributed by atoms with van der Waals surface area (Å²) in [5.74, 6) is -125. The minimum atomic E-state index is -9.98. The molecular weight excluding hydrogens is 859 g/mol. The van der Waals surface area contributed by atoms with Crippen molar-refractivity contribution in [2.45, 2.75) is 101 Å². The number of carboxylic acids is 1. The van der Waals surface area contributed by atoms with Gasteiger partial charge in [-0.3, -0.25) is 4.79 Å². The van der Waals surface area contributed by atoms with Gasteiger partial charge in [-0.25, -0.2) is 0 Å². The van der Waals surface area contributed by atoms with Gasteiger partial charge in [0.1, 0.15) is 5.44 Å². The number of hydrogen-bond donors (Lipinski definition) is 2. The summed E-state index contributed by atoms with van der Waals surface area (Å²) in [7, 11) is 0. The van der Waals surface area contributed by atoms with Crippen LogP contribution in [0.2, 0.25) is 0 Å². The van der Waals surface area contributed by atoms with Crippen molar-refractivity contribution >= 4 is 17.7 Å². The van der Waals surface area contributed by atoms with Gasteiger partial charge in [-0.05, 0) is 0 Å². The first kappa shape index (κ1) is 49.8. The molecule has 0 fully saturated rings. The standard InChI is InChI=1S/C19H9F29O3S/c20-6(21,1-2-52-5(51)3-4(49)50)7(22,23)8(24,25)9(26,27)10(28,29)11(30,31)12(32,33)13(34,35)14(36,37)15(38,39)16(40,41)17(42,43)18(44,45)19(46,47)48/h5,51H,1-3H2,(H,49,50). The highest BCUT2D eigenvalue weighted by molar-refractivity contribution is 7.99. The Hall–Kier alpha value is -2.25. The Bertz CT molecular complexity index is 1280. The summed E-state index contributed by atoms with van der Waals surface area (Å²) in [5.41, 5.74) is -2.45. The number of carbonyl (C=O) groups is 1. The molecule has 312 valence electrons. The lowest BCUT2D eigenvalue weighted by Crippen LogP contribution is -2.79. The number of alkyl halides is 29. The highest BCUT2D eigenvalue weighted by Crippen LogP contribution is 2.69. The van der Waals surface area contributed by atoms with Crippen molar-refractivity contribution < 1.29 is 142 Å². The maximum atomic E-state index is 13.9. The fourth-order valence-corrected chi connectivity index (χ4v) is 3.97. The van der Waals surface area contributed by atoms with Crippen molar-refractivity contribution in [3.05, 3.63) is 0 Å². The number of aliphatic carboxylic acids is 1. The number of carboxylic acid groups (broad SMARTS) is 1. The van der Waals surface area contributed by atoms with Gasteiger partial charge in [0.25, 0.3) is 0 Å². The van der Waals surface area contributed by atoms with E-state index in [-0.39, 0.29) is 0 Å². The second-order valence-electron chi connectivity index (χ2n) is 9.77. The highest BCUT2D eigenvalue weighted by Gasteiger charge is 3.00. The molecule has 0 spiro atoms. The molecule has 0 aromatic heterocycles. The summed E-state index contributed by atoms with van der Waals surface area (Å²) in [4.78, 5) is 10.3. The lowest BCUT2D eigenvalue weighted by Gasteiger charge is -2.46. The molecule has 0 aromatic rings. The predicted molar refractivity (Wildman–Crippen MR) is 106 cm³/mol. The predicted octanol–water partition coefficient (Wildman–Crippen LogP) is 9.72. The highest BCUT2D eigenvalue weighted by atomic mass is 32.2. The largest absolute Gasteiger partial charge is 0.481 e. The van der Waals surface area contributed by atoms with E-state index >= 15 is 0 Å². The molecule has 0 saturated heterocycles. The summed E-state index contributed by atoms with van der Waals surface area (Å²) >= 11 is -0.660. The van der Waals surface area contributed by atoms with Gasteiger partial charge in [0, 0.05) is 12.2 Å². The van der Waals surface area contributed by atoms with Crippen LogP contribution in [0.15, 0.2) is 0 Å². The molecule has 0 aromatic carbocycles. The molecule has 52 heavy (non-hydrogen) atoms. The molecule has 2 N–H and O–H groups in total. The van der Waals surface area contributed by atoms with Gasteiger partial charge in [0.05, 0.1) is 6.42 Å². The summed E-state index contributed by atoms with van der Waals surface area (Å²) in [6, 6.07) is 0. The van der Waals surface area contributed by atoms with E-state index in [9.17, 15) is 132 Å².